The number of nitrogens with zero attached hydrogens (tertiary/aromatic N) is 2. The van der Waals surface area contributed by atoms with E-state index >= 15 is 0 Å². The predicted molar refractivity (Wildman–Crippen MR) is 114 cm³/mol. The third-order valence-corrected chi connectivity index (χ3v) is 6.59. The highest BCUT2D eigenvalue weighted by Crippen LogP contribution is 2.31. The first-order valence-electron chi connectivity index (χ1n) is 9.40. The Morgan fingerprint density at radius 1 is 1.30 bits per heavy atom. The Bertz CT molecular complexity index is 803. The summed E-state index contributed by atoms with van der Waals surface area (Å²) in [7, 11) is 0. The second-order valence-electron chi connectivity index (χ2n) is 6.72. The van der Waals surface area contributed by atoms with E-state index < -0.39 is 0 Å². The number of hydrogen-bond donors (Lipinski definition) is 2. The van der Waals surface area contributed by atoms with Crippen LogP contribution in [0, 0.1) is 6.92 Å². The van der Waals surface area contributed by atoms with Crippen molar-refractivity contribution in [3.05, 3.63) is 41.5 Å². The van der Waals surface area contributed by atoms with Crippen LogP contribution >= 0.6 is 23.1 Å². The third-order valence-electron chi connectivity index (χ3n) is 4.57. The number of allylic oxidation sites excluding steroid dienone is 1. The standard InChI is InChI=1S/C20H26N4OS2/c1-14-8-6-7-11-17(14)22-19-23-24-20(27-19)26-15(2)18(25)21-13-12-16-9-4-3-5-10-16/h6-9,11,15H,3-5,10,12-13H2,1-2H3,(H,21,25)(H,22,23)/t15-/m1/s1. The Hall–Kier alpha value is -1.86. The quantitative estimate of drug-likeness (QED) is 0.476. The van der Waals surface area contributed by atoms with Gasteiger partial charge in [0.15, 0.2) is 4.34 Å². The van der Waals surface area contributed by atoms with Gasteiger partial charge < -0.3 is 10.6 Å². The number of rotatable bonds is 8. The molecule has 0 saturated heterocycles. The van der Waals surface area contributed by atoms with Crippen molar-refractivity contribution >= 4 is 39.8 Å². The van der Waals surface area contributed by atoms with Gasteiger partial charge in [0, 0.05) is 12.2 Å². The first-order chi connectivity index (χ1) is 13.1. The number of hydrogen-bond acceptors (Lipinski definition) is 6. The molecule has 27 heavy (non-hydrogen) atoms. The molecule has 5 nitrogen and oxygen atoms in total. The molecule has 7 heteroatoms. The zero-order chi connectivity index (χ0) is 19.1. The van der Waals surface area contributed by atoms with Gasteiger partial charge in [-0.1, -0.05) is 52.9 Å². The Balaban J connectivity index is 1.45. The Morgan fingerprint density at radius 3 is 2.93 bits per heavy atom. The molecule has 1 heterocycles. The molecule has 1 atom stereocenters. The highest BCUT2D eigenvalue weighted by molar-refractivity contribution is 8.02. The minimum Gasteiger partial charge on any atom is -0.355 e. The van der Waals surface area contributed by atoms with Crippen molar-refractivity contribution in [1.29, 1.82) is 0 Å². The topological polar surface area (TPSA) is 66.9 Å². The molecule has 2 N–H and O–H groups in total. The lowest BCUT2D eigenvalue weighted by atomic mass is 9.97. The number of aromatic nitrogens is 2. The lowest BCUT2D eigenvalue weighted by Crippen LogP contribution is -2.31. The van der Waals surface area contributed by atoms with Gasteiger partial charge in [-0.3, -0.25) is 4.79 Å². The van der Waals surface area contributed by atoms with E-state index in [0.29, 0.717) is 6.54 Å². The second kappa shape index (κ2) is 9.90. The molecule has 1 aromatic carbocycles. The molecule has 1 aliphatic rings. The van der Waals surface area contributed by atoms with Crippen molar-refractivity contribution < 1.29 is 4.79 Å². The van der Waals surface area contributed by atoms with Crippen LogP contribution in [0.25, 0.3) is 0 Å². The summed E-state index contributed by atoms with van der Waals surface area (Å²) in [6.45, 7) is 4.68. The summed E-state index contributed by atoms with van der Waals surface area (Å²) < 4.78 is 0.795. The fraction of sp³-hybridized carbons (Fsp3) is 0.450. The summed E-state index contributed by atoms with van der Waals surface area (Å²) in [5, 5.41) is 15.3. The Kier molecular flexibility index (Phi) is 7.29. The van der Waals surface area contributed by atoms with Gasteiger partial charge in [0.25, 0.3) is 0 Å². The lowest BCUT2D eigenvalue weighted by Gasteiger charge is -2.14. The van der Waals surface area contributed by atoms with Crippen LogP contribution in [0.2, 0.25) is 0 Å². The van der Waals surface area contributed by atoms with Crippen molar-refractivity contribution in [1.82, 2.24) is 15.5 Å². The molecule has 0 fully saturated rings. The zero-order valence-corrected chi connectivity index (χ0v) is 17.5. The van der Waals surface area contributed by atoms with Crippen LogP contribution < -0.4 is 10.6 Å². The van der Waals surface area contributed by atoms with Gasteiger partial charge in [-0.2, -0.15) is 0 Å². The van der Waals surface area contributed by atoms with E-state index in [1.807, 2.05) is 25.1 Å². The van der Waals surface area contributed by atoms with E-state index in [1.165, 1.54) is 54.4 Å². The number of nitrogens with one attached hydrogen (secondary N) is 2. The zero-order valence-electron chi connectivity index (χ0n) is 15.8. The van der Waals surface area contributed by atoms with Crippen LogP contribution in [0.5, 0.6) is 0 Å². The number of aryl methyl sites for hydroxylation is 1. The van der Waals surface area contributed by atoms with Gasteiger partial charge in [0.05, 0.1) is 5.25 Å². The number of anilines is 2. The normalized spacial score (nSPS) is 15.1. The fourth-order valence-corrected chi connectivity index (χ4v) is 4.90. The Morgan fingerprint density at radius 2 is 2.15 bits per heavy atom. The van der Waals surface area contributed by atoms with Gasteiger partial charge in [-0.15, -0.1) is 10.2 Å². The fourth-order valence-electron chi connectivity index (χ4n) is 2.96. The maximum absolute atomic E-state index is 12.3. The van der Waals surface area contributed by atoms with Crippen LogP contribution in [-0.4, -0.2) is 27.9 Å². The predicted octanol–water partition coefficient (Wildman–Crippen LogP) is 5.08. The van der Waals surface area contributed by atoms with Crippen LogP contribution in [-0.2, 0) is 4.79 Å². The maximum atomic E-state index is 12.3. The minimum absolute atomic E-state index is 0.0556. The number of benzene rings is 1. The van der Waals surface area contributed by atoms with Gasteiger partial charge in [0.1, 0.15) is 0 Å². The molecule has 0 unspecified atom stereocenters. The van der Waals surface area contributed by atoms with Gasteiger partial charge in [-0.25, -0.2) is 0 Å². The van der Waals surface area contributed by atoms with Gasteiger partial charge in [-0.05, 0) is 57.6 Å². The average Bonchev–Trinajstić information content (AvgIpc) is 3.11. The van der Waals surface area contributed by atoms with Crippen molar-refractivity contribution in [2.75, 3.05) is 11.9 Å². The summed E-state index contributed by atoms with van der Waals surface area (Å²) in [5.41, 5.74) is 3.66. The van der Waals surface area contributed by atoms with Crippen LogP contribution in [0.15, 0.2) is 40.3 Å². The van der Waals surface area contributed by atoms with E-state index in [9.17, 15) is 4.79 Å². The van der Waals surface area contributed by atoms with E-state index in [0.717, 1.165) is 27.1 Å². The summed E-state index contributed by atoms with van der Waals surface area (Å²) >= 11 is 2.92. The SMILES string of the molecule is Cc1ccccc1Nc1nnc(S[C@H](C)C(=O)NCCC2=CCCCC2)s1. The first kappa shape index (κ1) is 19.9. The molecule has 3 rings (SSSR count). The van der Waals surface area contributed by atoms with Crippen molar-refractivity contribution in [2.24, 2.45) is 0 Å². The van der Waals surface area contributed by atoms with Crippen molar-refractivity contribution in [3.8, 4) is 0 Å². The molecule has 0 aliphatic heterocycles. The molecule has 1 aliphatic carbocycles. The molecule has 144 valence electrons. The average molecular weight is 403 g/mol. The van der Waals surface area contributed by atoms with Crippen molar-refractivity contribution in [2.45, 2.75) is 55.5 Å². The molecule has 0 radical (unpaired) electrons. The van der Waals surface area contributed by atoms with Crippen molar-refractivity contribution in [3.63, 3.8) is 0 Å². The number of para-hydroxylation sites is 1. The first-order valence-corrected chi connectivity index (χ1v) is 11.1. The maximum Gasteiger partial charge on any atom is 0.233 e. The number of carbonyl (C=O) groups is 1. The number of carbonyl (C=O) groups excluding carboxylic acids is 1. The molecule has 1 aromatic heterocycles. The smallest absolute Gasteiger partial charge is 0.233 e. The molecule has 0 bridgehead atoms. The number of amides is 1. The number of thioether (sulfide) groups is 1. The van der Waals surface area contributed by atoms with Crippen LogP contribution in [0.3, 0.4) is 0 Å². The summed E-state index contributed by atoms with van der Waals surface area (Å²) in [6, 6.07) is 8.06. The minimum atomic E-state index is -0.190. The molecule has 0 spiro atoms. The van der Waals surface area contributed by atoms with E-state index in [4.69, 9.17) is 0 Å². The Labute approximate surface area is 169 Å². The monoisotopic (exact) mass is 402 g/mol. The lowest BCUT2D eigenvalue weighted by molar-refractivity contribution is -0.120. The second-order valence-corrected chi connectivity index (χ2v) is 9.29. The highest BCUT2D eigenvalue weighted by Gasteiger charge is 2.17. The molecule has 2 aromatic rings. The summed E-state index contributed by atoms with van der Waals surface area (Å²) in [5.74, 6) is 0.0556. The third kappa shape index (κ3) is 6.07. The molecule has 1 amide bonds. The van der Waals surface area contributed by atoms with E-state index in [2.05, 4.69) is 39.9 Å². The van der Waals surface area contributed by atoms with E-state index in [1.54, 1.807) is 0 Å². The molecular formula is C20H26N4OS2. The highest BCUT2D eigenvalue weighted by atomic mass is 32.2. The van der Waals surface area contributed by atoms with Crippen LogP contribution in [0.4, 0.5) is 10.8 Å². The summed E-state index contributed by atoms with van der Waals surface area (Å²) in [4.78, 5) is 12.3. The largest absolute Gasteiger partial charge is 0.355 e. The summed E-state index contributed by atoms with van der Waals surface area (Å²) in [6.07, 6.45) is 8.24. The molecular weight excluding hydrogens is 376 g/mol. The van der Waals surface area contributed by atoms with Gasteiger partial charge >= 0.3 is 0 Å². The molecule has 0 saturated carbocycles. The van der Waals surface area contributed by atoms with Crippen LogP contribution in [0.1, 0.15) is 44.6 Å². The van der Waals surface area contributed by atoms with E-state index in [-0.39, 0.29) is 11.2 Å². The van der Waals surface area contributed by atoms with Gasteiger partial charge in [0.2, 0.25) is 11.0 Å².